The summed E-state index contributed by atoms with van der Waals surface area (Å²) in [6.07, 6.45) is 3.42. The van der Waals surface area contributed by atoms with Gasteiger partial charge in [-0.25, -0.2) is 9.97 Å². The van der Waals surface area contributed by atoms with E-state index in [-0.39, 0.29) is 5.75 Å². The van der Waals surface area contributed by atoms with Gasteiger partial charge in [0.2, 0.25) is 5.88 Å². The molecule has 0 aliphatic carbocycles. The Morgan fingerprint density at radius 2 is 2.12 bits per heavy atom. The van der Waals surface area contributed by atoms with Crippen LogP contribution in [-0.4, -0.2) is 15.1 Å². The molecule has 17 heavy (non-hydrogen) atoms. The highest BCUT2D eigenvalue weighted by Crippen LogP contribution is 2.23. The Morgan fingerprint density at radius 3 is 2.88 bits per heavy atom. The molecule has 4 heteroatoms. The topological polar surface area (TPSA) is 55.2 Å². The van der Waals surface area contributed by atoms with Crippen LogP contribution in [0.25, 0.3) is 0 Å². The van der Waals surface area contributed by atoms with E-state index in [0.29, 0.717) is 11.6 Å². The molecule has 0 spiro atoms. The number of aromatic nitrogens is 2. The maximum absolute atomic E-state index is 9.32. The first-order valence-electron chi connectivity index (χ1n) is 5.55. The maximum Gasteiger partial charge on any atom is 0.222 e. The molecule has 0 aliphatic rings. The van der Waals surface area contributed by atoms with Gasteiger partial charge in [0.1, 0.15) is 17.8 Å². The molecule has 1 heterocycles. The molecular formula is C13H14N2O2. The van der Waals surface area contributed by atoms with Crippen molar-refractivity contribution in [3.8, 4) is 17.4 Å². The van der Waals surface area contributed by atoms with E-state index >= 15 is 0 Å². The quantitative estimate of drug-likeness (QED) is 0.877. The van der Waals surface area contributed by atoms with Gasteiger partial charge in [-0.15, -0.1) is 0 Å². The van der Waals surface area contributed by atoms with Crippen LogP contribution in [0.15, 0.2) is 36.7 Å². The molecule has 0 amide bonds. The van der Waals surface area contributed by atoms with Gasteiger partial charge in [0.25, 0.3) is 0 Å². The number of phenols is 1. The summed E-state index contributed by atoms with van der Waals surface area (Å²) in [5.74, 6) is 1.23. The molecule has 88 valence electrons. The number of hydrogen-bond acceptors (Lipinski definition) is 4. The summed E-state index contributed by atoms with van der Waals surface area (Å²) < 4.78 is 5.54. The second-order valence-corrected chi connectivity index (χ2v) is 3.70. The lowest BCUT2D eigenvalue weighted by atomic mass is 10.2. The fraction of sp³-hybridized carbons (Fsp3) is 0.231. The van der Waals surface area contributed by atoms with Crippen LogP contribution in [0.5, 0.6) is 17.4 Å². The van der Waals surface area contributed by atoms with E-state index < -0.39 is 0 Å². The number of rotatable bonds is 4. The Labute approximate surface area is 99.9 Å². The molecule has 0 atom stereocenters. The van der Waals surface area contributed by atoms with E-state index in [1.54, 1.807) is 24.3 Å². The number of aromatic hydroxyl groups is 1. The summed E-state index contributed by atoms with van der Waals surface area (Å²) in [5, 5.41) is 9.32. The SMILES string of the molecule is CCCc1cc(Oc2cccc(O)c2)ncn1. The number of benzene rings is 1. The van der Waals surface area contributed by atoms with E-state index in [4.69, 9.17) is 4.74 Å². The minimum Gasteiger partial charge on any atom is -0.508 e. The van der Waals surface area contributed by atoms with E-state index in [0.717, 1.165) is 18.5 Å². The summed E-state index contributed by atoms with van der Waals surface area (Å²) in [4.78, 5) is 8.18. The smallest absolute Gasteiger partial charge is 0.222 e. The molecule has 0 radical (unpaired) electrons. The number of nitrogens with zero attached hydrogens (tertiary/aromatic N) is 2. The van der Waals surface area contributed by atoms with Crippen LogP contribution >= 0.6 is 0 Å². The lowest BCUT2D eigenvalue weighted by Crippen LogP contribution is -1.93. The molecule has 1 N–H and O–H groups in total. The summed E-state index contributed by atoms with van der Waals surface area (Å²) in [6.45, 7) is 2.10. The third-order valence-electron chi connectivity index (χ3n) is 2.24. The molecule has 1 aromatic heterocycles. The van der Waals surface area contributed by atoms with Crippen LogP contribution in [0, 0.1) is 0 Å². The van der Waals surface area contributed by atoms with Gasteiger partial charge in [0.15, 0.2) is 0 Å². The van der Waals surface area contributed by atoms with Crippen LogP contribution in [0.3, 0.4) is 0 Å². The zero-order valence-corrected chi connectivity index (χ0v) is 9.63. The number of aryl methyl sites for hydroxylation is 1. The van der Waals surface area contributed by atoms with Crippen molar-refractivity contribution in [3.63, 3.8) is 0 Å². The third-order valence-corrected chi connectivity index (χ3v) is 2.24. The number of ether oxygens (including phenoxy) is 1. The molecule has 0 saturated heterocycles. The summed E-state index contributed by atoms with van der Waals surface area (Å²) >= 11 is 0. The van der Waals surface area contributed by atoms with Crippen LogP contribution in [0.1, 0.15) is 19.0 Å². The molecular weight excluding hydrogens is 216 g/mol. The average molecular weight is 230 g/mol. The van der Waals surface area contributed by atoms with Crippen LogP contribution in [0.2, 0.25) is 0 Å². The Morgan fingerprint density at radius 1 is 1.24 bits per heavy atom. The number of phenolic OH excluding ortho intramolecular Hbond substituents is 1. The summed E-state index contributed by atoms with van der Waals surface area (Å²) in [6, 6.07) is 8.44. The van der Waals surface area contributed by atoms with E-state index in [1.807, 2.05) is 6.07 Å². The Kier molecular flexibility index (Phi) is 3.55. The minimum absolute atomic E-state index is 0.172. The van der Waals surface area contributed by atoms with Crippen LogP contribution in [0.4, 0.5) is 0 Å². The normalized spacial score (nSPS) is 10.2. The van der Waals surface area contributed by atoms with Crippen molar-refractivity contribution >= 4 is 0 Å². The van der Waals surface area contributed by atoms with Crippen LogP contribution in [-0.2, 0) is 6.42 Å². The van der Waals surface area contributed by atoms with Crippen molar-refractivity contribution in [3.05, 3.63) is 42.4 Å². The predicted octanol–water partition coefficient (Wildman–Crippen LogP) is 2.93. The Hall–Kier alpha value is -2.10. The second-order valence-electron chi connectivity index (χ2n) is 3.70. The highest BCUT2D eigenvalue weighted by Gasteiger charge is 2.01. The van der Waals surface area contributed by atoms with Crippen molar-refractivity contribution < 1.29 is 9.84 Å². The van der Waals surface area contributed by atoms with Gasteiger partial charge >= 0.3 is 0 Å². The maximum atomic E-state index is 9.32. The number of hydrogen-bond donors (Lipinski definition) is 1. The zero-order chi connectivity index (χ0) is 12.1. The van der Waals surface area contributed by atoms with Gasteiger partial charge in [-0.1, -0.05) is 19.4 Å². The van der Waals surface area contributed by atoms with Gasteiger partial charge in [0, 0.05) is 17.8 Å². The van der Waals surface area contributed by atoms with Gasteiger partial charge in [-0.3, -0.25) is 0 Å². The van der Waals surface area contributed by atoms with Crippen molar-refractivity contribution in [2.45, 2.75) is 19.8 Å². The van der Waals surface area contributed by atoms with Crippen molar-refractivity contribution in [1.82, 2.24) is 9.97 Å². The van der Waals surface area contributed by atoms with Crippen molar-refractivity contribution in [1.29, 1.82) is 0 Å². The summed E-state index contributed by atoms with van der Waals surface area (Å²) in [5.41, 5.74) is 0.956. The first kappa shape index (κ1) is 11.4. The Balaban J connectivity index is 2.15. The van der Waals surface area contributed by atoms with E-state index in [2.05, 4.69) is 16.9 Å². The molecule has 2 rings (SSSR count). The molecule has 2 aromatic rings. The summed E-state index contributed by atoms with van der Waals surface area (Å²) in [7, 11) is 0. The Bertz CT molecular complexity index is 500. The third kappa shape index (κ3) is 3.17. The van der Waals surface area contributed by atoms with Gasteiger partial charge < -0.3 is 9.84 Å². The van der Waals surface area contributed by atoms with Crippen molar-refractivity contribution in [2.24, 2.45) is 0 Å². The van der Waals surface area contributed by atoms with E-state index in [1.165, 1.54) is 6.33 Å². The monoisotopic (exact) mass is 230 g/mol. The molecule has 4 nitrogen and oxygen atoms in total. The molecule has 0 fully saturated rings. The fourth-order valence-corrected chi connectivity index (χ4v) is 1.49. The molecule has 0 unspecified atom stereocenters. The van der Waals surface area contributed by atoms with Gasteiger partial charge in [-0.05, 0) is 18.6 Å². The van der Waals surface area contributed by atoms with E-state index in [9.17, 15) is 5.11 Å². The molecule has 0 aliphatic heterocycles. The molecule has 0 bridgehead atoms. The average Bonchev–Trinajstić information content (AvgIpc) is 2.30. The standard InChI is InChI=1S/C13H14N2O2/c1-2-4-10-7-13(15-9-14-10)17-12-6-3-5-11(16)8-12/h3,5-9,16H,2,4H2,1H3. The highest BCUT2D eigenvalue weighted by molar-refractivity contribution is 5.34. The first-order valence-corrected chi connectivity index (χ1v) is 5.55. The second kappa shape index (κ2) is 5.30. The van der Waals surface area contributed by atoms with Crippen LogP contribution < -0.4 is 4.74 Å². The predicted molar refractivity (Wildman–Crippen MR) is 64.2 cm³/mol. The van der Waals surface area contributed by atoms with Gasteiger partial charge in [-0.2, -0.15) is 0 Å². The fourth-order valence-electron chi connectivity index (χ4n) is 1.49. The molecule has 1 aromatic carbocycles. The first-order chi connectivity index (χ1) is 8.28. The zero-order valence-electron chi connectivity index (χ0n) is 9.63. The minimum atomic E-state index is 0.172. The lowest BCUT2D eigenvalue weighted by Gasteiger charge is -2.05. The highest BCUT2D eigenvalue weighted by atomic mass is 16.5. The molecule has 0 saturated carbocycles. The largest absolute Gasteiger partial charge is 0.508 e. The van der Waals surface area contributed by atoms with Crippen molar-refractivity contribution in [2.75, 3.05) is 0 Å². The van der Waals surface area contributed by atoms with Gasteiger partial charge in [0.05, 0.1) is 0 Å². The lowest BCUT2D eigenvalue weighted by molar-refractivity contribution is 0.444.